The quantitative estimate of drug-likeness (QED) is 0.398. The number of nitrogens with one attached hydrogen (secondary N) is 4. The minimum atomic E-state index is -0.750. The van der Waals surface area contributed by atoms with Crippen LogP contribution >= 0.6 is 0 Å². The summed E-state index contributed by atoms with van der Waals surface area (Å²) in [5.74, 6) is 0. The summed E-state index contributed by atoms with van der Waals surface area (Å²) in [6.07, 6.45) is 0. The van der Waals surface area contributed by atoms with Gasteiger partial charge in [-0.1, -0.05) is 0 Å². The van der Waals surface area contributed by atoms with Crippen LogP contribution in [0, 0.1) is 0 Å². The molecule has 0 aliphatic heterocycles. The maximum absolute atomic E-state index is 10.9. The lowest BCUT2D eigenvalue weighted by molar-refractivity contribution is 0.630. The second kappa shape index (κ2) is 4.32. The van der Waals surface area contributed by atoms with E-state index in [1.54, 1.807) is 0 Å². The summed E-state index contributed by atoms with van der Waals surface area (Å²) < 4.78 is 16.6. The van der Waals surface area contributed by atoms with Crippen molar-refractivity contribution in [2.75, 3.05) is 0 Å². The van der Waals surface area contributed by atoms with E-state index in [2.05, 4.69) is 15.0 Å². The molecule has 2 rings (SSSR count). The van der Waals surface area contributed by atoms with Crippen molar-refractivity contribution in [1.82, 2.24) is 19.9 Å². The SMILES string of the molecule is O=S=O.O=c1[nH]c(=O)c2[nH]c(=O)[nH]c2[nH]1. The highest BCUT2D eigenvalue weighted by atomic mass is 32.1. The third kappa shape index (κ3) is 2.37. The van der Waals surface area contributed by atoms with E-state index >= 15 is 0 Å². The first kappa shape index (κ1) is 10.8. The molecule has 0 aliphatic rings. The fourth-order valence-electron chi connectivity index (χ4n) is 0.958. The highest BCUT2D eigenvalue weighted by Gasteiger charge is 2.02. The first-order chi connectivity index (χ1) is 7.08. The van der Waals surface area contributed by atoms with Crippen molar-refractivity contribution in [3.05, 3.63) is 31.3 Å². The Morgan fingerprint density at radius 2 is 1.27 bits per heavy atom. The molecule has 0 spiro atoms. The van der Waals surface area contributed by atoms with Gasteiger partial charge in [0.25, 0.3) is 5.56 Å². The Hall–Kier alpha value is -2.23. The number of aromatic nitrogens is 4. The van der Waals surface area contributed by atoms with Gasteiger partial charge in [-0.25, -0.2) is 9.59 Å². The summed E-state index contributed by atoms with van der Waals surface area (Å²) in [5, 5.41) is 0. The van der Waals surface area contributed by atoms with E-state index in [9.17, 15) is 14.4 Å². The zero-order valence-corrected chi connectivity index (χ0v) is 7.77. The van der Waals surface area contributed by atoms with Crippen LogP contribution < -0.4 is 16.9 Å². The smallest absolute Gasteiger partial charge is 0.300 e. The molecule has 0 aromatic carbocycles. The molecule has 0 amide bonds. The highest BCUT2D eigenvalue weighted by molar-refractivity contribution is 7.51. The second-order valence-corrected chi connectivity index (χ2v) is 2.44. The second-order valence-electron chi connectivity index (χ2n) is 2.31. The van der Waals surface area contributed by atoms with Gasteiger partial charge in [-0.05, 0) is 0 Å². The van der Waals surface area contributed by atoms with Crippen molar-refractivity contribution in [1.29, 1.82) is 0 Å². The van der Waals surface area contributed by atoms with Crippen molar-refractivity contribution in [3.8, 4) is 0 Å². The predicted molar refractivity (Wildman–Crippen MR) is 49.1 cm³/mol. The van der Waals surface area contributed by atoms with Gasteiger partial charge in [0.2, 0.25) is 0 Å². The number of fused-ring (bicyclic) bond motifs is 1. The Kier molecular flexibility index (Phi) is 3.13. The lowest BCUT2D eigenvalue weighted by atomic mass is 10.5. The Morgan fingerprint density at radius 3 is 1.80 bits per heavy atom. The lowest BCUT2D eigenvalue weighted by Crippen LogP contribution is -2.21. The maximum Gasteiger partial charge on any atom is 0.335 e. The summed E-state index contributed by atoms with van der Waals surface area (Å²) in [6, 6.07) is 0. The third-order valence-corrected chi connectivity index (χ3v) is 1.42. The van der Waals surface area contributed by atoms with Crippen LogP contribution in [0.25, 0.3) is 11.2 Å². The molecule has 0 radical (unpaired) electrons. The molecule has 0 atom stereocenters. The standard InChI is InChI=1S/C5H4N4O3.O2S/c10-3-1-2(7-4(11)6-1)8-5(12)9-3;1-3-2/h(H4,6,7,8,9,10,11,12);. The van der Waals surface area contributed by atoms with Gasteiger partial charge >= 0.3 is 23.0 Å². The summed E-state index contributed by atoms with van der Waals surface area (Å²) in [4.78, 5) is 41.0. The first-order valence-corrected chi connectivity index (χ1v) is 4.11. The van der Waals surface area contributed by atoms with E-state index in [1.807, 2.05) is 4.98 Å². The topological polar surface area (TPSA) is 149 Å². The average molecular weight is 232 g/mol. The molecule has 2 heterocycles. The minimum Gasteiger partial charge on any atom is -0.300 e. The molecule has 2 aromatic heterocycles. The van der Waals surface area contributed by atoms with Crippen molar-refractivity contribution in [3.63, 3.8) is 0 Å². The summed E-state index contributed by atoms with van der Waals surface area (Å²) in [6.45, 7) is 0. The zero-order valence-electron chi connectivity index (χ0n) is 6.95. The molecule has 0 saturated carbocycles. The fraction of sp³-hybridized carbons (Fsp3) is 0. The van der Waals surface area contributed by atoms with E-state index in [4.69, 9.17) is 8.42 Å². The number of aromatic amines is 4. The number of hydrogen-bond acceptors (Lipinski definition) is 5. The molecule has 0 aliphatic carbocycles. The van der Waals surface area contributed by atoms with Crippen molar-refractivity contribution >= 4 is 22.7 Å². The minimum absolute atomic E-state index is 0.0413. The van der Waals surface area contributed by atoms with Gasteiger partial charge in [0.05, 0.1) is 0 Å². The lowest BCUT2D eigenvalue weighted by Gasteiger charge is -1.83. The van der Waals surface area contributed by atoms with Gasteiger partial charge in [-0.3, -0.25) is 24.7 Å². The van der Waals surface area contributed by atoms with Crippen LogP contribution in [0.5, 0.6) is 0 Å². The molecular weight excluding hydrogens is 228 g/mol. The summed E-state index contributed by atoms with van der Waals surface area (Å²) in [7, 11) is 0. The van der Waals surface area contributed by atoms with E-state index in [-0.39, 0.29) is 11.2 Å². The van der Waals surface area contributed by atoms with Crippen LogP contribution in [-0.2, 0) is 11.6 Å². The molecule has 15 heavy (non-hydrogen) atoms. The van der Waals surface area contributed by atoms with Crippen LogP contribution in [-0.4, -0.2) is 28.4 Å². The van der Waals surface area contributed by atoms with E-state index < -0.39 is 28.5 Å². The Balaban J connectivity index is 0.000000337. The van der Waals surface area contributed by atoms with Gasteiger partial charge in [0.1, 0.15) is 11.2 Å². The van der Waals surface area contributed by atoms with Crippen LogP contribution in [0.2, 0.25) is 0 Å². The predicted octanol–water partition coefficient (Wildman–Crippen LogP) is -2.44. The first-order valence-electron chi connectivity index (χ1n) is 3.45. The molecular formula is C5H4N4O5S. The third-order valence-electron chi connectivity index (χ3n) is 1.42. The summed E-state index contributed by atoms with van der Waals surface area (Å²) in [5.41, 5.74) is -1.65. The molecule has 10 heteroatoms. The Morgan fingerprint density at radius 1 is 0.800 bits per heavy atom. The van der Waals surface area contributed by atoms with E-state index in [0.29, 0.717) is 0 Å². The molecule has 0 fully saturated rings. The monoisotopic (exact) mass is 232 g/mol. The van der Waals surface area contributed by atoms with Crippen molar-refractivity contribution in [2.24, 2.45) is 0 Å². The normalized spacial score (nSPS) is 9.33. The molecule has 0 bridgehead atoms. The van der Waals surface area contributed by atoms with Crippen molar-refractivity contribution in [2.45, 2.75) is 0 Å². The van der Waals surface area contributed by atoms with Gasteiger partial charge < -0.3 is 0 Å². The molecule has 9 nitrogen and oxygen atoms in total. The number of imidazole rings is 1. The van der Waals surface area contributed by atoms with Crippen LogP contribution in [0.15, 0.2) is 14.4 Å². The van der Waals surface area contributed by atoms with E-state index in [1.165, 1.54) is 0 Å². The van der Waals surface area contributed by atoms with Gasteiger partial charge in [-0.15, -0.1) is 0 Å². The van der Waals surface area contributed by atoms with Crippen molar-refractivity contribution < 1.29 is 8.42 Å². The highest BCUT2D eigenvalue weighted by Crippen LogP contribution is 1.88. The number of rotatable bonds is 0. The molecule has 2 aromatic rings. The maximum atomic E-state index is 10.9. The largest absolute Gasteiger partial charge is 0.335 e. The van der Waals surface area contributed by atoms with Crippen LogP contribution in [0.3, 0.4) is 0 Å². The molecule has 4 N–H and O–H groups in total. The van der Waals surface area contributed by atoms with Gasteiger partial charge in [-0.2, -0.15) is 8.42 Å². The van der Waals surface area contributed by atoms with Gasteiger partial charge in [0, 0.05) is 0 Å². The molecule has 0 unspecified atom stereocenters. The Labute approximate surface area is 83.2 Å². The zero-order chi connectivity index (χ0) is 11.4. The van der Waals surface area contributed by atoms with Crippen LogP contribution in [0.1, 0.15) is 0 Å². The molecule has 0 saturated heterocycles. The van der Waals surface area contributed by atoms with Crippen LogP contribution in [0.4, 0.5) is 0 Å². The fourth-order valence-corrected chi connectivity index (χ4v) is 0.958. The molecule has 80 valence electrons. The average Bonchev–Trinajstić information content (AvgIpc) is 2.47. The summed E-state index contributed by atoms with van der Waals surface area (Å²) >= 11 is -0.750. The van der Waals surface area contributed by atoms with E-state index in [0.717, 1.165) is 0 Å². The van der Waals surface area contributed by atoms with Gasteiger partial charge in [0.15, 0.2) is 0 Å². The Bertz CT molecular complexity index is 669. The number of hydrogen-bond donors (Lipinski definition) is 4. The number of H-pyrrole nitrogens is 4.